The van der Waals surface area contributed by atoms with E-state index in [-0.39, 0.29) is 5.91 Å². The standard InChI is InChI=1S/C22H23N3O/c1-24(16-18-9-5-3-6-10-18)20-13-14-21(23-15-20)22(26)25(2)17-19-11-7-4-8-12-19/h3-15H,16-17H2,1-2H3. The molecule has 3 aromatic rings. The average Bonchev–Trinajstić information content (AvgIpc) is 2.69. The molecule has 0 saturated heterocycles. The second-order valence-corrected chi connectivity index (χ2v) is 6.39. The van der Waals surface area contributed by atoms with E-state index in [9.17, 15) is 4.79 Å². The Hall–Kier alpha value is -3.14. The average molecular weight is 345 g/mol. The van der Waals surface area contributed by atoms with Gasteiger partial charge in [-0.3, -0.25) is 4.79 Å². The molecule has 0 spiro atoms. The Balaban J connectivity index is 1.63. The third-order valence-corrected chi connectivity index (χ3v) is 4.28. The molecule has 3 rings (SSSR count). The highest BCUT2D eigenvalue weighted by molar-refractivity contribution is 5.92. The molecule has 2 aromatic carbocycles. The van der Waals surface area contributed by atoms with Crippen LogP contribution in [0.2, 0.25) is 0 Å². The highest BCUT2D eigenvalue weighted by Gasteiger charge is 2.14. The van der Waals surface area contributed by atoms with Gasteiger partial charge in [0.25, 0.3) is 5.91 Å². The molecular formula is C22H23N3O. The van der Waals surface area contributed by atoms with Gasteiger partial charge in [-0.15, -0.1) is 0 Å². The molecule has 0 unspecified atom stereocenters. The van der Waals surface area contributed by atoms with E-state index in [2.05, 4.69) is 22.0 Å². The Kier molecular flexibility index (Phi) is 5.64. The van der Waals surface area contributed by atoms with Crippen LogP contribution < -0.4 is 4.90 Å². The Labute approximate surface area is 154 Å². The van der Waals surface area contributed by atoms with Gasteiger partial charge in [0.1, 0.15) is 5.69 Å². The topological polar surface area (TPSA) is 36.4 Å². The molecule has 1 aromatic heterocycles. The predicted octanol–water partition coefficient (Wildman–Crippen LogP) is 3.99. The summed E-state index contributed by atoms with van der Waals surface area (Å²) < 4.78 is 0. The zero-order valence-electron chi connectivity index (χ0n) is 15.2. The minimum Gasteiger partial charge on any atom is -0.369 e. The fourth-order valence-electron chi connectivity index (χ4n) is 2.81. The number of benzene rings is 2. The maximum absolute atomic E-state index is 12.6. The van der Waals surface area contributed by atoms with Crippen LogP contribution in [0.5, 0.6) is 0 Å². The monoisotopic (exact) mass is 345 g/mol. The number of rotatable bonds is 6. The van der Waals surface area contributed by atoms with Crippen molar-refractivity contribution < 1.29 is 4.79 Å². The van der Waals surface area contributed by atoms with E-state index in [1.807, 2.05) is 61.6 Å². The van der Waals surface area contributed by atoms with Crippen LogP contribution in [-0.2, 0) is 13.1 Å². The molecule has 0 atom stereocenters. The minimum absolute atomic E-state index is 0.0777. The molecule has 0 radical (unpaired) electrons. The van der Waals surface area contributed by atoms with Crippen LogP contribution in [-0.4, -0.2) is 29.9 Å². The van der Waals surface area contributed by atoms with E-state index < -0.39 is 0 Å². The van der Waals surface area contributed by atoms with Crippen molar-refractivity contribution in [2.75, 3.05) is 19.0 Å². The van der Waals surface area contributed by atoms with Crippen molar-refractivity contribution in [1.29, 1.82) is 0 Å². The minimum atomic E-state index is -0.0777. The highest BCUT2D eigenvalue weighted by atomic mass is 16.2. The normalized spacial score (nSPS) is 10.4. The molecule has 0 aliphatic rings. The van der Waals surface area contributed by atoms with Gasteiger partial charge in [0.2, 0.25) is 0 Å². The summed E-state index contributed by atoms with van der Waals surface area (Å²) in [6, 6.07) is 24.0. The lowest BCUT2D eigenvalue weighted by Crippen LogP contribution is -2.27. The molecule has 0 aliphatic heterocycles. The number of pyridine rings is 1. The lowest BCUT2D eigenvalue weighted by atomic mass is 10.2. The second-order valence-electron chi connectivity index (χ2n) is 6.39. The first-order valence-corrected chi connectivity index (χ1v) is 8.64. The zero-order valence-corrected chi connectivity index (χ0v) is 15.2. The molecule has 0 saturated carbocycles. The van der Waals surface area contributed by atoms with Crippen molar-refractivity contribution in [3.63, 3.8) is 0 Å². The van der Waals surface area contributed by atoms with Crippen LogP contribution in [0.1, 0.15) is 21.6 Å². The Morgan fingerprint density at radius 2 is 1.38 bits per heavy atom. The summed E-state index contributed by atoms with van der Waals surface area (Å²) >= 11 is 0. The van der Waals surface area contributed by atoms with Crippen molar-refractivity contribution in [3.8, 4) is 0 Å². The quantitative estimate of drug-likeness (QED) is 0.678. The molecule has 0 N–H and O–H groups in total. The lowest BCUT2D eigenvalue weighted by Gasteiger charge is -2.20. The SMILES string of the molecule is CN(Cc1ccccc1)C(=O)c1ccc(N(C)Cc2ccccc2)cn1. The summed E-state index contributed by atoms with van der Waals surface area (Å²) in [6.45, 7) is 1.36. The zero-order chi connectivity index (χ0) is 18.4. The molecular weight excluding hydrogens is 322 g/mol. The van der Waals surface area contributed by atoms with Gasteiger partial charge in [-0.25, -0.2) is 4.98 Å². The summed E-state index contributed by atoms with van der Waals surface area (Å²) in [5.74, 6) is -0.0777. The number of carbonyl (C=O) groups excluding carboxylic acids is 1. The number of amides is 1. The molecule has 1 amide bonds. The number of carbonyl (C=O) groups is 1. The van der Waals surface area contributed by atoms with Crippen LogP contribution in [0.15, 0.2) is 79.0 Å². The first-order valence-electron chi connectivity index (χ1n) is 8.64. The number of aromatic nitrogens is 1. The number of anilines is 1. The molecule has 0 fully saturated rings. The summed E-state index contributed by atoms with van der Waals surface area (Å²) in [5, 5.41) is 0. The Morgan fingerprint density at radius 1 is 0.808 bits per heavy atom. The molecule has 4 nitrogen and oxygen atoms in total. The van der Waals surface area contributed by atoms with Crippen molar-refractivity contribution in [2.24, 2.45) is 0 Å². The maximum Gasteiger partial charge on any atom is 0.272 e. The summed E-state index contributed by atoms with van der Waals surface area (Å²) in [4.78, 5) is 20.7. The molecule has 0 bridgehead atoms. The fourth-order valence-corrected chi connectivity index (χ4v) is 2.81. The maximum atomic E-state index is 12.6. The number of hydrogen-bond donors (Lipinski definition) is 0. The summed E-state index contributed by atoms with van der Waals surface area (Å²) in [5.41, 5.74) is 3.77. The van der Waals surface area contributed by atoms with Gasteiger partial charge in [-0.2, -0.15) is 0 Å². The van der Waals surface area contributed by atoms with Crippen LogP contribution in [0.25, 0.3) is 0 Å². The van der Waals surface area contributed by atoms with E-state index in [1.165, 1.54) is 5.56 Å². The van der Waals surface area contributed by atoms with Crippen molar-refractivity contribution in [2.45, 2.75) is 13.1 Å². The summed E-state index contributed by atoms with van der Waals surface area (Å²) in [6.07, 6.45) is 1.76. The summed E-state index contributed by atoms with van der Waals surface area (Å²) in [7, 11) is 3.82. The van der Waals surface area contributed by atoms with Crippen LogP contribution in [0.4, 0.5) is 5.69 Å². The van der Waals surface area contributed by atoms with Gasteiger partial charge in [0, 0.05) is 27.2 Å². The molecule has 4 heteroatoms. The van der Waals surface area contributed by atoms with E-state index >= 15 is 0 Å². The number of hydrogen-bond acceptors (Lipinski definition) is 3. The van der Waals surface area contributed by atoms with E-state index in [1.54, 1.807) is 24.2 Å². The number of nitrogens with zero attached hydrogens (tertiary/aromatic N) is 3. The van der Waals surface area contributed by atoms with Gasteiger partial charge >= 0.3 is 0 Å². The van der Waals surface area contributed by atoms with Gasteiger partial charge in [-0.1, -0.05) is 60.7 Å². The van der Waals surface area contributed by atoms with Crippen molar-refractivity contribution in [1.82, 2.24) is 9.88 Å². The van der Waals surface area contributed by atoms with Gasteiger partial charge in [0.05, 0.1) is 11.9 Å². The van der Waals surface area contributed by atoms with Crippen molar-refractivity contribution in [3.05, 3.63) is 95.8 Å². The largest absolute Gasteiger partial charge is 0.369 e. The van der Waals surface area contributed by atoms with Crippen LogP contribution >= 0.6 is 0 Å². The molecule has 0 aliphatic carbocycles. The van der Waals surface area contributed by atoms with Gasteiger partial charge in [0.15, 0.2) is 0 Å². The van der Waals surface area contributed by atoms with Gasteiger partial charge < -0.3 is 9.80 Å². The molecule has 1 heterocycles. The van der Waals surface area contributed by atoms with Crippen LogP contribution in [0, 0.1) is 0 Å². The smallest absolute Gasteiger partial charge is 0.272 e. The fraction of sp³-hybridized carbons (Fsp3) is 0.182. The Bertz CT molecular complexity index is 832. The first kappa shape index (κ1) is 17.7. The second kappa shape index (κ2) is 8.30. The first-order chi connectivity index (χ1) is 12.6. The Morgan fingerprint density at radius 3 is 1.92 bits per heavy atom. The molecule has 132 valence electrons. The highest BCUT2D eigenvalue weighted by Crippen LogP contribution is 2.15. The molecule has 26 heavy (non-hydrogen) atoms. The predicted molar refractivity (Wildman–Crippen MR) is 105 cm³/mol. The van der Waals surface area contributed by atoms with Gasteiger partial charge in [-0.05, 0) is 23.3 Å². The van der Waals surface area contributed by atoms with Crippen molar-refractivity contribution >= 4 is 11.6 Å². The third kappa shape index (κ3) is 4.48. The van der Waals surface area contributed by atoms with E-state index in [4.69, 9.17) is 0 Å². The van der Waals surface area contributed by atoms with Crippen LogP contribution in [0.3, 0.4) is 0 Å². The van der Waals surface area contributed by atoms with E-state index in [0.717, 1.165) is 17.8 Å². The lowest BCUT2D eigenvalue weighted by molar-refractivity contribution is 0.0779. The van der Waals surface area contributed by atoms with E-state index in [0.29, 0.717) is 12.2 Å². The third-order valence-electron chi connectivity index (χ3n) is 4.28.